The van der Waals surface area contributed by atoms with Gasteiger partial charge in [-0.25, -0.2) is 9.78 Å². The normalized spacial score (nSPS) is 12.2. The van der Waals surface area contributed by atoms with E-state index in [2.05, 4.69) is 15.6 Å². The third kappa shape index (κ3) is 5.21. The second-order valence-corrected chi connectivity index (χ2v) is 7.01. The third-order valence-electron chi connectivity index (χ3n) is 3.16. The van der Waals surface area contributed by atoms with Crippen LogP contribution in [0.25, 0.3) is 11.5 Å². The number of hydrogen-bond donors (Lipinski definition) is 2. The maximum Gasteiger partial charge on any atom is 0.319 e. The van der Waals surface area contributed by atoms with Crippen LogP contribution in [0.3, 0.4) is 0 Å². The lowest BCUT2D eigenvalue weighted by atomic mass is 10.2. The second kappa shape index (κ2) is 7.92. The Kier molecular flexibility index (Phi) is 5.92. The predicted octanol–water partition coefficient (Wildman–Crippen LogP) is 2.97. The van der Waals surface area contributed by atoms with Gasteiger partial charge >= 0.3 is 6.03 Å². The standard InChI is InChI=1S/C16H21N3O3S/c1-11(2)14-10-18-15(22-14)12-4-6-13(7-5-12)19-16(20)17-8-9-23(3)21/h4-7,10-11H,8-9H2,1-3H3,(H2,17,19,20)/t23-/m1/s1. The molecule has 0 aliphatic rings. The van der Waals surface area contributed by atoms with Gasteiger partial charge in [0, 0.05) is 46.5 Å². The SMILES string of the molecule is CC(C)c1cnc(-c2ccc(NC(=O)NCC[S@@](C)=O)cc2)o1. The van der Waals surface area contributed by atoms with E-state index >= 15 is 0 Å². The van der Waals surface area contributed by atoms with Gasteiger partial charge in [-0.15, -0.1) is 0 Å². The highest BCUT2D eigenvalue weighted by atomic mass is 32.2. The molecule has 23 heavy (non-hydrogen) atoms. The van der Waals surface area contributed by atoms with E-state index in [4.69, 9.17) is 4.42 Å². The number of nitrogens with zero attached hydrogens (tertiary/aromatic N) is 1. The molecular weight excluding hydrogens is 314 g/mol. The molecule has 0 spiro atoms. The Morgan fingerprint density at radius 2 is 2.00 bits per heavy atom. The number of amides is 2. The minimum absolute atomic E-state index is 0.290. The van der Waals surface area contributed by atoms with E-state index in [1.807, 2.05) is 26.0 Å². The number of carbonyl (C=O) groups excluding carboxylic acids is 1. The van der Waals surface area contributed by atoms with Crippen LogP contribution in [0.15, 0.2) is 34.9 Å². The summed E-state index contributed by atoms with van der Waals surface area (Å²) in [4.78, 5) is 15.9. The molecule has 0 aliphatic heterocycles. The number of nitrogens with one attached hydrogen (secondary N) is 2. The smallest absolute Gasteiger partial charge is 0.319 e. The largest absolute Gasteiger partial charge is 0.441 e. The van der Waals surface area contributed by atoms with Crippen molar-refractivity contribution in [3.8, 4) is 11.5 Å². The van der Waals surface area contributed by atoms with Crippen LogP contribution in [0.4, 0.5) is 10.5 Å². The summed E-state index contributed by atoms with van der Waals surface area (Å²) < 4.78 is 16.6. The summed E-state index contributed by atoms with van der Waals surface area (Å²) in [5.41, 5.74) is 1.52. The predicted molar refractivity (Wildman–Crippen MR) is 92.0 cm³/mol. The van der Waals surface area contributed by atoms with Crippen molar-refractivity contribution >= 4 is 22.5 Å². The molecule has 2 aromatic rings. The Bertz CT molecular complexity index is 680. The molecule has 0 bridgehead atoms. The van der Waals surface area contributed by atoms with Gasteiger partial charge in [0.05, 0.1) is 6.20 Å². The fourth-order valence-corrected chi connectivity index (χ4v) is 2.26. The van der Waals surface area contributed by atoms with Crippen LogP contribution in [-0.4, -0.2) is 33.8 Å². The minimum Gasteiger partial charge on any atom is -0.441 e. The number of urea groups is 1. The Morgan fingerprint density at radius 1 is 1.30 bits per heavy atom. The molecule has 1 atom stereocenters. The summed E-state index contributed by atoms with van der Waals surface area (Å²) in [5, 5.41) is 5.37. The van der Waals surface area contributed by atoms with Crippen LogP contribution in [0.5, 0.6) is 0 Å². The molecule has 0 aliphatic carbocycles. The molecule has 1 heterocycles. The first-order valence-corrected chi connectivity index (χ1v) is 9.09. The zero-order valence-corrected chi connectivity index (χ0v) is 14.3. The third-order valence-corrected chi connectivity index (χ3v) is 3.94. The number of aromatic nitrogens is 1. The summed E-state index contributed by atoms with van der Waals surface area (Å²) >= 11 is 0. The van der Waals surface area contributed by atoms with Crippen LogP contribution in [-0.2, 0) is 10.8 Å². The molecule has 1 aromatic carbocycles. The quantitative estimate of drug-likeness (QED) is 0.850. The molecule has 124 valence electrons. The molecule has 0 radical (unpaired) electrons. The number of hydrogen-bond acceptors (Lipinski definition) is 4. The number of carbonyl (C=O) groups is 1. The first kappa shape index (κ1) is 17.2. The molecule has 0 saturated heterocycles. The first-order chi connectivity index (χ1) is 11.0. The van der Waals surface area contributed by atoms with Gasteiger partial charge in [-0.05, 0) is 24.3 Å². The maximum absolute atomic E-state index is 11.7. The molecule has 2 rings (SSSR count). The van der Waals surface area contributed by atoms with Crippen LogP contribution in [0, 0.1) is 0 Å². The van der Waals surface area contributed by atoms with E-state index < -0.39 is 10.8 Å². The summed E-state index contributed by atoms with van der Waals surface area (Å²) in [6.07, 6.45) is 3.34. The molecule has 0 fully saturated rings. The van der Waals surface area contributed by atoms with Gasteiger partial charge in [0.15, 0.2) is 0 Å². The van der Waals surface area contributed by atoms with Gasteiger partial charge < -0.3 is 15.1 Å². The van der Waals surface area contributed by atoms with E-state index in [9.17, 15) is 9.00 Å². The van der Waals surface area contributed by atoms with Crippen molar-refractivity contribution in [2.24, 2.45) is 0 Å². The highest BCUT2D eigenvalue weighted by Gasteiger charge is 2.09. The van der Waals surface area contributed by atoms with Crippen molar-refractivity contribution in [2.75, 3.05) is 23.9 Å². The number of rotatable bonds is 6. The van der Waals surface area contributed by atoms with Crippen molar-refractivity contribution in [2.45, 2.75) is 19.8 Å². The van der Waals surface area contributed by atoms with Gasteiger partial charge in [0.25, 0.3) is 0 Å². The van der Waals surface area contributed by atoms with Crippen molar-refractivity contribution in [1.29, 1.82) is 0 Å². The number of benzene rings is 1. The summed E-state index contributed by atoms with van der Waals surface area (Å²) in [6.45, 7) is 4.47. The Balaban J connectivity index is 1.93. The lowest BCUT2D eigenvalue weighted by molar-refractivity contribution is 0.252. The molecule has 6 nitrogen and oxygen atoms in total. The molecule has 7 heteroatoms. The summed E-state index contributed by atoms with van der Waals surface area (Å²) in [7, 11) is -0.914. The zero-order valence-electron chi connectivity index (χ0n) is 13.5. The van der Waals surface area contributed by atoms with Crippen molar-refractivity contribution in [3.63, 3.8) is 0 Å². The van der Waals surface area contributed by atoms with Gasteiger partial charge in [-0.3, -0.25) is 4.21 Å². The monoisotopic (exact) mass is 335 g/mol. The van der Waals surface area contributed by atoms with E-state index in [1.165, 1.54) is 0 Å². The lowest BCUT2D eigenvalue weighted by Gasteiger charge is -2.07. The minimum atomic E-state index is -0.914. The highest BCUT2D eigenvalue weighted by Crippen LogP contribution is 2.24. The van der Waals surface area contributed by atoms with Crippen molar-refractivity contribution in [1.82, 2.24) is 10.3 Å². The molecule has 0 unspecified atom stereocenters. The van der Waals surface area contributed by atoms with Crippen LogP contribution in [0.2, 0.25) is 0 Å². The van der Waals surface area contributed by atoms with E-state index in [1.54, 1.807) is 24.6 Å². The van der Waals surface area contributed by atoms with E-state index in [0.29, 0.717) is 29.8 Å². The molecule has 2 N–H and O–H groups in total. The Morgan fingerprint density at radius 3 is 2.57 bits per heavy atom. The number of anilines is 1. The first-order valence-electron chi connectivity index (χ1n) is 7.36. The fourth-order valence-electron chi connectivity index (χ4n) is 1.87. The molecular formula is C16H21N3O3S. The highest BCUT2D eigenvalue weighted by molar-refractivity contribution is 7.84. The Labute approximate surface area is 138 Å². The van der Waals surface area contributed by atoms with Crippen molar-refractivity contribution < 1.29 is 13.4 Å². The molecule has 0 saturated carbocycles. The second-order valence-electron chi connectivity index (χ2n) is 5.46. The van der Waals surface area contributed by atoms with Gasteiger partial charge in [-0.2, -0.15) is 0 Å². The lowest BCUT2D eigenvalue weighted by Crippen LogP contribution is -2.31. The molecule has 2 amide bonds. The maximum atomic E-state index is 11.7. The van der Waals surface area contributed by atoms with Gasteiger partial charge in [-0.1, -0.05) is 13.8 Å². The average molecular weight is 335 g/mol. The summed E-state index contributed by atoms with van der Waals surface area (Å²) in [5.74, 6) is 2.14. The molecule has 1 aromatic heterocycles. The van der Waals surface area contributed by atoms with Crippen LogP contribution in [0.1, 0.15) is 25.5 Å². The van der Waals surface area contributed by atoms with E-state index in [0.717, 1.165) is 11.3 Å². The Hall–Kier alpha value is -2.15. The van der Waals surface area contributed by atoms with Gasteiger partial charge in [0.2, 0.25) is 5.89 Å². The number of oxazole rings is 1. The van der Waals surface area contributed by atoms with Crippen LogP contribution < -0.4 is 10.6 Å². The average Bonchev–Trinajstić information content (AvgIpc) is 2.97. The van der Waals surface area contributed by atoms with Crippen molar-refractivity contribution in [3.05, 3.63) is 36.2 Å². The van der Waals surface area contributed by atoms with Crippen LogP contribution >= 0.6 is 0 Å². The zero-order chi connectivity index (χ0) is 16.8. The topological polar surface area (TPSA) is 84.2 Å². The van der Waals surface area contributed by atoms with Gasteiger partial charge in [0.1, 0.15) is 5.76 Å². The van der Waals surface area contributed by atoms with E-state index in [-0.39, 0.29) is 6.03 Å². The fraction of sp³-hybridized carbons (Fsp3) is 0.375. The summed E-state index contributed by atoms with van der Waals surface area (Å²) in [6, 6.07) is 6.93.